The Balaban J connectivity index is 1.63. The third-order valence-corrected chi connectivity index (χ3v) is 4.78. The highest BCUT2D eigenvalue weighted by Gasteiger charge is 2.27. The van der Waals surface area contributed by atoms with Gasteiger partial charge < -0.3 is 20.2 Å². The number of nitriles is 1. The molecule has 1 amide bonds. The highest BCUT2D eigenvalue weighted by atomic mass is 16.7. The Labute approximate surface area is 183 Å². The minimum atomic E-state index is -0.660. The Morgan fingerprint density at radius 2 is 2.31 bits per heavy atom. The highest BCUT2D eigenvalue weighted by Crippen LogP contribution is 2.28. The molecule has 11 nitrogen and oxygen atoms in total. The summed E-state index contributed by atoms with van der Waals surface area (Å²) < 4.78 is 11.3. The number of benzene rings is 1. The molecule has 1 saturated heterocycles. The second-order valence-corrected chi connectivity index (χ2v) is 7.07. The predicted octanol–water partition coefficient (Wildman–Crippen LogP) is 1.91. The van der Waals surface area contributed by atoms with E-state index < -0.39 is 12.0 Å². The topological polar surface area (TPSA) is 161 Å². The summed E-state index contributed by atoms with van der Waals surface area (Å²) in [6.45, 7) is 2.64. The number of aromatic amines is 1. The summed E-state index contributed by atoms with van der Waals surface area (Å²) in [5.41, 5.74) is 9.46. The van der Waals surface area contributed by atoms with Crippen LogP contribution in [-0.2, 0) is 9.57 Å². The van der Waals surface area contributed by atoms with Crippen LogP contribution in [0.4, 0.5) is 5.82 Å². The number of hydrogen-bond donors (Lipinski definition) is 3. The first-order chi connectivity index (χ1) is 15.5. The number of anilines is 1. The van der Waals surface area contributed by atoms with Crippen LogP contribution in [0.3, 0.4) is 0 Å². The first-order valence-electron chi connectivity index (χ1n) is 9.93. The molecule has 32 heavy (non-hydrogen) atoms. The van der Waals surface area contributed by atoms with E-state index in [0.717, 1.165) is 0 Å². The number of ether oxygens (including phenoxy) is 2. The fourth-order valence-corrected chi connectivity index (χ4v) is 3.12. The number of rotatable bonds is 7. The Morgan fingerprint density at radius 1 is 1.44 bits per heavy atom. The maximum atomic E-state index is 12.9. The molecular formula is C21H21N7O4. The minimum absolute atomic E-state index is 0.0112. The molecule has 0 aliphatic carbocycles. The normalized spacial score (nSPS) is 16.3. The SMILES string of the molecule is C[C@@H](ONC(=O)c1c(N)nc(-c2cccc(C#N)c2)nc1O[C@H]1CCOC1)c1ncc[nH]1. The van der Waals surface area contributed by atoms with E-state index in [9.17, 15) is 4.79 Å². The maximum Gasteiger partial charge on any atom is 0.284 e. The van der Waals surface area contributed by atoms with Crippen LogP contribution in [0.25, 0.3) is 11.4 Å². The number of nitrogens with zero attached hydrogens (tertiary/aromatic N) is 4. The lowest BCUT2D eigenvalue weighted by atomic mass is 10.1. The van der Waals surface area contributed by atoms with Crippen molar-refractivity contribution in [3.8, 4) is 23.3 Å². The molecule has 0 saturated carbocycles. The van der Waals surface area contributed by atoms with Gasteiger partial charge in [0, 0.05) is 24.4 Å². The van der Waals surface area contributed by atoms with Crippen molar-refractivity contribution in [1.29, 1.82) is 5.26 Å². The van der Waals surface area contributed by atoms with Gasteiger partial charge in [-0.3, -0.25) is 9.63 Å². The van der Waals surface area contributed by atoms with Gasteiger partial charge in [0.15, 0.2) is 5.82 Å². The molecule has 0 spiro atoms. The standard InChI is InChI=1S/C21H21N7O4/c1-12(18-24-6-7-25-18)32-28-20(29)16-17(23)26-19(14-4-2-3-13(9-14)10-22)27-21(16)31-15-5-8-30-11-15/h2-4,6-7,9,12,15H,5,8,11H2,1H3,(H,24,25)(H,28,29)(H2,23,26,27)/t12-,15+/m1/s1. The van der Waals surface area contributed by atoms with Crippen LogP contribution < -0.4 is 16.0 Å². The summed E-state index contributed by atoms with van der Waals surface area (Å²) in [6, 6.07) is 8.82. The molecular weight excluding hydrogens is 414 g/mol. The second-order valence-electron chi connectivity index (χ2n) is 7.07. The number of carbonyl (C=O) groups excluding carboxylic acids is 1. The van der Waals surface area contributed by atoms with E-state index in [1.54, 1.807) is 43.6 Å². The van der Waals surface area contributed by atoms with Crippen LogP contribution in [0.1, 0.15) is 41.2 Å². The number of H-pyrrole nitrogens is 1. The molecule has 0 bridgehead atoms. The molecule has 11 heteroatoms. The molecule has 2 aromatic heterocycles. The van der Waals surface area contributed by atoms with Gasteiger partial charge in [-0.25, -0.2) is 15.4 Å². The fourth-order valence-electron chi connectivity index (χ4n) is 3.12. The number of nitrogens with two attached hydrogens (primary N) is 1. The van der Waals surface area contributed by atoms with Crippen LogP contribution in [0.2, 0.25) is 0 Å². The van der Waals surface area contributed by atoms with Crippen molar-refractivity contribution in [2.45, 2.75) is 25.6 Å². The molecule has 1 aliphatic heterocycles. The summed E-state index contributed by atoms with van der Waals surface area (Å²) in [7, 11) is 0. The molecule has 0 radical (unpaired) electrons. The van der Waals surface area contributed by atoms with E-state index in [1.807, 2.05) is 0 Å². The zero-order valence-electron chi connectivity index (χ0n) is 17.2. The Hall–Kier alpha value is -4.01. The monoisotopic (exact) mass is 435 g/mol. The van der Waals surface area contributed by atoms with E-state index in [0.29, 0.717) is 36.6 Å². The lowest BCUT2D eigenvalue weighted by molar-refractivity contribution is -0.0125. The van der Waals surface area contributed by atoms with E-state index >= 15 is 0 Å². The predicted molar refractivity (Wildman–Crippen MR) is 112 cm³/mol. The third-order valence-electron chi connectivity index (χ3n) is 4.78. The van der Waals surface area contributed by atoms with Crippen molar-refractivity contribution >= 4 is 11.7 Å². The Kier molecular flexibility index (Phi) is 6.25. The van der Waals surface area contributed by atoms with Gasteiger partial charge in [-0.1, -0.05) is 12.1 Å². The van der Waals surface area contributed by atoms with Gasteiger partial charge in [-0.2, -0.15) is 10.2 Å². The Bertz CT molecular complexity index is 1140. The van der Waals surface area contributed by atoms with Crippen LogP contribution >= 0.6 is 0 Å². The lowest BCUT2D eigenvalue weighted by Gasteiger charge is -2.17. The number of nitrogen functional groups attached to an aromatic ring is 1. The smallest absolute Gasteiger partial charge is 0.284 e. The zero-order valence-corrected chi connectivity index (χ0v) is 17.2. The fraction of sp³-hybridized carbons (Fsp3) is 0.286. The molecule has 2 atom stereocenters. The van der Waals surface area contributed by atoms with Gasteiger partial charge in [0.1, 0.15) is 29.4 Å². The summed E-state index contributed by atoms with van der Waals surface area (Å²) in [5.74, 6) is 0.0408. The van der Waals surface area contributed by atoms with Crippen LogP contribution in [0.15, 0.2) is 36.7 Å². The summed E-state index contributed by atoms with van der Waals surface area (Å²) in [5, 5.41) is 9.17. The van der Waals surface area contributed by atoms with Crippen molar-refractivity contribution in [2.75, 3.05) is 18.9 Å². The molecule has 0 unspecified atom stereocenters. The molecule has 3 heterocycles. The summed E-state index contributed by atoms with van der Waals surface area (Å²) in [6.07, 6.45) is 3.07. The molecule has 164 valence electrons. The molecule has 1 aliphatic rings. The molecule has 1 aromatic carbocycles. The van der Waals surface area contributed by atoms with Crippen molar-refractivity contribution in [3.05, 3.63) is 53.6 Å². The number of nitrogens with one attached hydrogen (secondary N) is 2. The van der Waals surface area contributed by atoms with E-state index in [-0.39, 0.29) is 29.2 Å². The van der Waals surface area contributed by atoms with Gasteiger partial charge in [-0.05, 0) is 19.1 Å². The number of hydroxylamine groups is 1. The van der Waals surface area contributed by atoms with Crippen molar-refractivity contribution in [3.63, 3.8) is 0 Å². The first kappa shape index (κ1) is 21.2. The molecule has 1 fully saturated rings. The van der Waals surface area contributed by atoms with Crippen molar-refractivity contribution < 1.29 is 19.1 Å². The number of hydrogen-bond acceptors (Lipinski definition) is 9. The highest BCUT2D eigenvalue weighted by molar-refractivity contribution is 6.00. The van der Waals surface area contributed by atoms with Crippen LogP contribution in [-0.4, -0.2) is 45.2 Å². The number of amides is 1. The van der Waals surface area contributed by atoms with E-state index in [1.165, 1.54) is 0 Å². The first-order valence-corrected chi connectivity index (χ1v) is 9.93. The lowest BCUT2D eigenvalue weighted by Crippen LogP contribution is -2.29. The van der Waals surface area contributed by atoms with Gasteiger partial charge in [-0.15, -0.1) is 0 Å². The third kappa shape index (κ3) is 4.66. The summed E-state index contributed by atoms with van der Waals surface area (Å²) in [4.78, 5) is 34.0. The molecule has 3 aromatic rings. The largest absolute Gasteiger partial charge is 0.471 e. The quantitative estimate of drug-likeness (QED) is 0.471. The number of aromatic nitrogens is 4. The van der Waals surface area contributed by atoms with E-state index in [4.69, 9.17) is 25.3 Å². The van der Waals surface area contributed by atoms with Crippen molar-refractivity contribution in [2.24, 2.45) is 0 Å². The average molecular weight is 435 g/mol. The average Bonchev–Trinajstić information content (AvgIpc) is 3.51. The molecule has 4 rings (SSSR count). The van der Waals surface area contributed by atoms with Crippen LogP contribution in [0.5, 0.6) is 5.88 Å². The van der Waals surface area contributed by atoms with Gasteiger partial charge in [0.05, 0.1) is 24.8 Å². The Morgan fingerprint density at radius 3 is 3.03 bits per heavy atom. The zero-order chi connectivity index (χ0) is 22.5. The number of carbonyl (C=O) groups is 1. The van der Waals surface area contributed by atoms with E-state index in [2.05, 4.69) is 31.5 Å². The minimum Gasteiger partial charge on any atom is -0.471 e. The van der Waals surface area contributed by atoms with Gasteiger partial charge in [0.2, 0.25) is 5.88 Å². The van der Waals surface area contributed by atoms with Gasteiger partial charge >= 0.3 is 0 Å². The maximum absolute atomic E-state index is 12.9. The second kappa shape index (κ2) is 9.42. The van der Waals surface area contributed by atoms with Crippen LogP contribution in [0, 0.1) is 11.3 Å². The number of imidazole rings is 1. The van der Waals surface area contributed by atoms with Gasteiger partial charge in [0.25, 0.3) is 5.91 Å². The van der Waals surface area contributed by atoms with Crippen molar-refractivity contribution in [1.82, 2.24) is 25.4 Å². The summed E-state index contributed by atoms with van der Waals surface area (Å²) >= 11 is 0. The molecule has 4 N–H and O–H groups in total.